The number of fused-ring (bicyclic) bond motifs is 1. The largest absolute Gasteiger partial charge is 0.481 e. The smallest absolute Gasteiger partial charge is 0.303 e. The molecule has 176 valence electrons. The average molecular weight is 486 g/mol. The minimum absolute atomic E-state index is 0.160. The molecular formula is C27H23N3O4S. The number of nitrogens with zero attached hydrogens (tertiary/aromatic N) is 2. The topological polar surface area (TPSA) is 103 Å². The first-order valence-corrected chi connectivity index (χ1v) is 12.2. The molecule has 0 saturated carbocycles. The SMILES string of the molecule is Cc1ccc2c(-c3ccccc3)c(C3=NN(C(=O)CCC(=O)O)[C@@H](c4cccs4)C3)c(=O)[nH]c2c1. The number of H-pyrrole nitrogens is 1. The van der Waals surface area contributed by atoms with Gasteiger partial charge in [-0.1, -0.05) is 48.5 Å². The van der Waals surface area contributed by atoms with Gasteiger partial charge in [-0.3, -0.25) is 14.4 Å². The van der Waals surface area contributed by atoms with Crippen LogP contribution in [0.5, 0.6) is 0 Å². The zero-order chi connectivity index (χ0) is 24.5. The number of rotatable bonds is 6. The molecule has 0 bridgehead atoms. The van der Waals surface area contributed by atoms with E-state index in [0.717, 1.165) is 32.5 Å². The van der Waals surface area contributed by atoms with Crippen LogP contribution in [0.2, 0.25) is 0 Å². The maximum absolute atomic E-state index is 13.5. The number of hydrazone groups is 1. The fourth-order valence-corrected chi connectivity index (χ4v) is 5.33. The quantitative estimate of drug-likeness (QED) is 0.396. The second-order valence-electron chi connectivity index (χ2n) is 8.53. The molecule has 0 fully saturated rings. The van der Waals surface area contributed by atoms with E-state index in [0.29, 0.717) is 17.7 Å². The molecular weight excluding hydrogens is 462 g/mol. The number of carbonyl (C=O) groups excluding carboxylic acids is 1. The molecule has 8 heteroatoms. The molecule has 0 saturated heterocycles. The highest BCUT2D eigenvalue weighted by Crippen LogP contribution is 2.38. The van der Waals surface area contributed by atoms with Gasteiger partial charge < -0.3 is 10.1 Å². The fourth-order valence-electron chi connectivity index (χ4n) is 4.51. The van der Waals surface area contributed by atoms with Crippen molar-refractivity contribution in [2.45, 2.75) is 32.2 Å². The first kappa shape index (κ1) is 22.7. The molecule has 2 N–H and O–H groups in total. The number of amides is 1. The van der Waals surface area contributed by atoms with Gasteiger partial charge in [0.15, 0.2) is 0 Å². The van der Waals surface area contributed by atoms with Gasteiger partial charge in [0.2, 0.25) is 5.91 Å². The number of aliphatic carboxylic acids is 1. The molecule has 5 rings (SSSR count). The molecule has 3 heterocycles. The standard InChI is InChI=1S/C27H23N3O4S/c1-16-9-10-18-19(14-16)28-27(34)26(25(18)17-6-3-2-4-7-17)20-15-21(22-8-5-13-35-22)30(29-20)23(31)11-12-24(32)33/h2-10,13-14,21H,11-12,15H2,1H3,(H,28,34)(H,32,33)/t21-/m1/s1. The van der Waals surface area contributed by atoms with Gasteiger partial charge in [0, 0.05) is 34.2 Å². The van der Waals surface area contributed by atoms with Crippen molar-refractivity contribution in [1.29, 1.82) is 0 Å². The van der Waals surface area contributed by atoms with Crippen LogP contribution in [0.1, 0.15) is 41.3 Å². The Balaban J connectivity index is 1.69. The summed E-state index contributed by atoms with van der Waals surface area (Å²) >= 11 is 1.50. The number of aryl methyl sites for hydroxylation is 1. The summed E-state index contributed by atoms with van der Waals surface area (Å²) < 4.78 is 0. The molecule has 2 aromatic heterocycles. The van der Waals surface area contributed by atoms with E-state index in [2.05, 4.69) is 10.1 Å². The Labute approximate surface area is 205 Å². The molecule has 1 atom stereocenters. The Bertz CT molecular complexity index is 1510. The van der Waals surface area contributed by atoms with Crippen LogP contribution in [0, 0.1) is 6.92 Å². The van der Waals surface area contributed by atoms with Crippen LogP contribution in [0.3, 0.4) is 0 Å². The highest BCUT2D eigenvalue weighted by molar-refractivity contribution is 7.10. The maximum Gasteiger partial charge on any atom is 0.303 e. The van der Waals surface area contributed by atoms with Crippen molar-refractivity contribution in [3.63, 3.8) is 0 Å². The lowest BCUT2D eigenvalue weighted by molar-refractivity contribution is -0.141. The maximum atomic E-state index is 13.5. The lowest BCUT2D eigenvalue weighted by atomic mass is 9.91. The number of carboxylic acid groups (broad SMARTS) is 1. The van der Waals surface area contributed by atoms with E-state index in [1.165, 1.54) is 16.3 Å². The van der Waals surface area contributed by atoms with Crippen LogP contribution in [-0.2, 0) is 9.59 Å². The number of benzene rings is 2. The number of carboxylic acids is 1. The molecule has 4 aromatic rings. The normalized spacial score (nSPS) is 15.4. The number of aromatic nitrogens is 1. The van der Waals surface area contributed by atoms with Gasteiger partial charge in [0.05, 0.1) is 23.7 Å². The van der Waals surface area contributed by atoms with Crippen molar-refractivity contribution in [1.82, 2.24) is 9.99 Å². The van der Waals surface area contributed by atoms with Crippen molar-refractivity contribution >= 4 is 39.8 Å². The highest BCUT2D eigenvalue weighted by Gasteiger charge is 2.35. The average Bonchev–Trinajstić information content (AvgIpc) is 3.52. The molecule has 0 radical (unpaired) electrons. The third kappa shape index (κ3) is 4.40. The van der Waals surface area contributed by atoms with Gasteiger partial charge in [-0.05, 0) is 35.6 Å². The van der Waals surface area contributed by atoms with Gasteiger partial charge in [-0.15, -0.1) is 11.3 Å². The summed E-state index contributed by atoms with van der Waals surface area (Å²) in [5.74, 6) is -1.42. The summed E-state index contributed by atoms with van der Waals surface area (Å²) in [4.78, 5) is 41.5. The van der Waals surface area contributed by atoms with E-state index in [1.54, 1.807) is 0 Å². The molecule has 1 amide bonds. The number of aromatic amines is 1. The minimum Gasteiger partial charge on any atom is -0.481 e. The molecule has 0 unspecified atom stereocenters. The lowest BCUT2D eigenvalue weighted by Crippen LogP contribution is -2.26. The van der Waals surface area contributed by atoms with E-state index in [-0.39, 0.29) is 30.3 Å². The third-order valence-electron chi connectivity index (χ3n) is 6.11. The predicted octanol–water partition coefficient (Wildman–Crippen LogP) is 5.11. The van der Waals surface area contributed by atoms with Crippen molar-refractivity contribution in [2.24, 2.45) is 5.10 Å². The van der Waals surface area contributed by atoms with Crippen molar-refractivity contribution in [3.05, 3.63) is 92.4 Å². The zero-order valence-corrected chi connectivity index (χ0v) is 19.8. The molecule has 0 aliphatic carbocycles. The summed E-state index contributed by atoms with van der Waals surface area (Å²) in [5.41, 5.74) is 4.09. The zero-order valence-electron chi connectivity index (χ0n) is 19.0. The van der Waals surface area contributed by atoms with E-state index in [1.807, 2.05) is 73.0 Å². The van der Waals surface area contributed by atoms with Crippen molar-refractivity contribution in [3.8, 4) is 11.1 Å². The number of nitrogens with one attached hydrogen (secondary N) is 1. The van der Waals surface area contributed by atoms with Crippen LogP contribution >= 0.6 is 11.3 Å². The van der Waals surface area contributed by atoms with Crippen LogP contribution in [0.15, 0.2) is 75.9 Å². The molecule has 1 aliphatic heterocycles. The molecule has 1 aliphatic rings. The number of thiophene rings is 1. The highest BCUT2D eigenvalue weighted by atomic mass is 32.1. The molecule has 35 heavy (non-hydrogen) atoms. The Hall–Kier alpha value is -4.04. The van der Waals surface area contributed by atoms with Gasteiger partial charge in [-0.2, -0.15) is 5.10 Å². The summed E-state index contributed by atoms with van der Waals surface area (Å²) in [7, 11) is 0. The van der Waals surface area contributed by atoms with Crippen LogP contribution < -0.4 is 5.56 Å². The Morgan fingerprint density at radius 2 is 1.89 bits per heavy atom. The van der Waals surface area contributed by atoms with E-state index in [4.69, 9.17) is 5.11 Å². The Kier molecular flexibility index (Phi) is 6.05. The summed E-state index contributed by atoms with van der Waals surface area (Å²) in [6, 6.07) is 19.1. The molecule has 0 spiro atoms. The Morgan fingerprint density at radius 1 is 1.09 bits per heavy atom. The van der Waals surface area contributed by atoms with E-state index in [9.17, 15) is 14.4 Å². The summed E-state index contributed by atoms with van der Waals surface area (Å²) in [6.07, 6.45) is -0.0744. The van der Waals surface area contributed by atoms with Crippen LogP contribution in [0.4, 0.5) is 0 Å². The number of carbonyl (C=O) groups is 2. The number of hydrogen-bond donors (Lipinski definition) is 2. The number of hydrogen-bond acceptors (Lipinski definition) is 5. The molecule has 7 nitrogen and oxygen atoms in total. The summed E-state index contributed by atoms with van der Waals surface area (Å²) in [5, 5.41) is 17.9. The van der Waals surface area contributed by atoms with E-state index >= 15 is 0 Å². The van der Waals surface area contributed by atoms with Crippen molar-refractivity contribution < 1.29 is 14.7 Å². The lowest BCUT2D eigenvalue weighted by Gasteiger charge is -2.20. The first-order chi connectivity index (χ1) is 16.9. The number of pyridine rings is 1. The minimum atomic E-state index is -1.04. The van der Waals surface area contributed by atoms with Gasteiger partial charge >= 0.3 is 5.97 Å². The van der Waals surface area contributed by atoms with E-state index < -0.39 is 5.97 Å². The fraction of sp³-hybridized carbons (Fsp3) is 0.185. The van der Waals surface area contributed by atoms with Gasteiger partial charge in [0.25, 0.3) is 5.56 Å². The second kappa shape index (κ2) is 9.31. The van der Waals surface area contributed by atoms with Crippen LogP contribution in [0.25, 0.3) is 22.0 Å². The van der Waals surface area contributed by atoms with Crippen LogP contribution in [-0.4, -0.2) is 32.7 Å². The van der Waals surface area contributed by atoms with Gasteiger partial charge in [-0.25, -0.2) is 5.01 Å². The first-order valence-electron chi connectivity index (χ1n) is 11.3. The summed E-state index contributed by atoms with van der Waals surface area (Å²) in [6.45, 7) is 1.97. The van der Waals surface area contributed by atoms with Crippen molar-refractivity contribution in [2.75, 3.05) is 0 Å². The predicted molar refractivity (Wildman–Crippen MR) is 137 cm³/mol. The second-order valence-corrected chi connectivity index (χ2v) is 9.51. The van der Waals surface area contributed by atoms with Gasteiger partial charge in [0.1, 0.15) is 0 Å². The third-order valence-corrected chi connectivity index (χ3v) is 7.08. The Morgan fingerprint density at radius 3 is 2.60 bits per heavy atom. The molecule has 2 aromatic carbocycles. The monoisotopic (exact) mass is 485 g/mol.